The van der Waals surface area contributed by atoms with E-state index in [1.165, 1.54) is 0 Å². The van der Waals surface area contributed by atoms with Crippen molar-refractivity contribution in [1.82, 2.24) is 9.38 Å². The third kappa shape index (κ3) is 1.61. The van der Waals surface area contributed by atoms with Crippen molar-refractivity contribution < 1.29 is 0 Å². The summed E-state index contributed by atoms with van der Waals surface area (Å²) in [5, 5.41) is 0. The minimum atomic E-state index is -0.0327. The molecule has 0 aliphatic carbocycles. The second-order valence-corrected chi connectivity index (χ2v) is 5.91. The number of hydrogen-bond acceptors (Lipinski definition) is 2. The molecule has 2 aromatic heterocycles. The van der Waals surface area contributed by atoms with Crippen molar-refractivity contribution >= 4 is 27.4 Å². The Morgan fingerprint density at radius 2 is 1.94 bits per heavy atom. The smallest absolute Gasteiger partial charge is 0.138 e. The fraction of sp³-hybridized carbons (Fsp3) is 0.417. The van der Waals surface area contributed by atoms with Crippen molar-refractivity contribution in [3.8, 4) is 0 Å². The Labute approximate surface area is 104 Å². The van der Waals surface area contributed by atoms with Gasteiger partial charge >= 0.3 is 0 Å². The van der Waals surface area contributed by atoms with E-state index in [1.807, 2.05) is 23.5 Å². The number of aromatic nitrogens is 2. The first-order chi connectivity index (χ1) is 7.32. The van der Waals surface area contributed by atoms with Gasteiger partial charge in [-0.2, -0.15) is 0 Å². The Kier molecular flexibility index (Phi) is 2.49. The van der Waals surface area contributed by atoms with E-state index in [0.29, 0.717) is 0 Å². The molecule has 0 aliphatic heterocycles. The molecule has 2 N–H and O–H groups in total. The number of anilines is 1. The highest BCUT2D eigenvalue weighted by Gasteiger charge is 2.23. The van der Waals surface area contributed by atoms with E-state index in [1.54, 1.807) is 0 Å². The van der Waals surface area contributed by atoms with E-state index < -0.39 is 0 Å². The maximum absolute atomic E-state index is 6.17. The van der Waals surface area contributed by atoms with Crippen LogP contribution in [0.5, 0.6) is 0 Å². The van der Waals surface area contributed by atoms with E-state index in [9.17, 15) is 0 Å². The summed E-state index contributed by atoms with van der Waals surface area (Å²) in [5.74, 6) is 0.737. The van der Waals surface area contributed by atoms with Gasteiger partial charge in [0.25, 0.3) is 0 Å². The Bertz CT molecular complexity index is 549. The molecule has 0 unspecified atom stereocenters. The number of imidazole rings is 1. The van der Waals surface area contributed by atoms with Gasteiger partial charge in [-0.1, -0.05) is 20.8 Å². The van der Waals surface area contributed by atoms with Crippen LogP contribution in [0.25, 0.3) is 5.65 Å². The van der Waals surface area contributed by atoms with Gasteiger partial charge in [-0.3, -0.25) is 4.40 Å². The molecule has 4 heteroatoms. The zero-order valence-corrected chi connectivity index (χ0v) is 11.6. The van der Waals surface area contributed by atoms with Crippen molar-refractivity contribution in [2.75, 3.05) is 5.73 Å². The number of nitrogens with zero attached hydrogens (tertiary/aromatic N) is 2. The molecule has 0 atom stereocenters. The van der Waals surface area contributed by atoms with Crippen LogP contribution in [-0.2, 0) is 5.41 Å². The van der Waals surface area contributed by atoms with Crippen LogP contribution < -0.4 is 5.73 Å². The third-order valence-corrected chi connectivity index (χ3v) is 3.55. The minimum absolute atomic E-state index is 0.0327. The number of fused-ring (bicyclic) bond motifs is 1. The van der Waals surface area contributed by atoms with Crippen LogP contribution in [0.15, 0.2) is 16.6 Å². The standard InChI is InChI=1S/C12H16BrN3/c1-7-8(13)5-6-9-15-10(12(2,3)4)11(14)16(7)9/h5-6H,14H2,1-4H3. The summed E-state index contributed by atoms with van der Waals surface area (Å²) in [4.78, 5) is 4.60. The number of nitrogen functional groups attached to an aromatic ring is 1. The zero-order valence-electron chi connectivity index (χ0n) is 10.0. The van der Waals surface area contributed by atoms with Gasteiger partial charge in [-0.05, 0) is 35.0 Å². The SMILES string of the molecule is Cc1c(Br)ccc2nc(C(C)(C)C)c(N)n12. The van der Waals surface area contributed by atoms with Gasteiger partial charge in [0.15, 0.2) is 0 Å². The third-order valence-electron chi connectivity index (χ3n) is 2.71. The van der Waals surface area contributed by atoms with Crippen molar-refractivity contribution in [2.24, 2.45) is 0 Å². The first-order valence-electron chi connectivity index (χ1n) is 5.26. The number of halogens is 1. The molecule has 0 aliphatic rings. The fourth-order valence-corrected chi connectivity index (χ4v) is 2.15. The van der Waals surface area contributed by atoms with Crippen LogP contribution in [0, 0.1) is 6.92 Å². The van der Waals surface area contributed by atoms with Crippen LogP contribution in [0.2, 0.25) is 0 Å². The highest BCUT2D eigenvalue weighted by molar-refractivity contribution is 9.10. The normalized spacial score (nSPS) is 12.3. The molecular weight excluding hydrogens is 266 g/mol. The molecule has 0 saturated carbocycles. The van der Waals surface area contributed by atoms with Crippen molar-refractivity contribution in [2.45, 2.75) is 33.1 Å². The lowest BCUT2D eigenvalue weighted by Crippen LogP contribution is -2.14. The fourth-order valence-electron chi connectivity index (χ4n) is 1.84. The molecule has 0 amide bonds. The highest BCUT2D eigenvalue weighted by Crippen LogP contribution is 2.30. The molecule has 0 aromatic carbocycles. The Balaban J connectivity index is 2.85. The predicted molar refractivity (Wildman–Crippen MR) is 70.7 cm³/mol. The van der Waals surface area contributed by atoms with Gasteiger partial charge in [-0.25, -0.2) is 4.98 Å². The summed E-state index contributed by atoms with van der Waals surface area (Å²) >= 11 is 3.51. The molecule has 2 rings (SSSR count). The van der Waals surface area contributed by atoms with Gasteiger partial charge in [-0.15, -0.1) is 0 Å². The van der Waals surface area contributed by atoms with Crippen molar-refractivity contribution in [3.05, 3.63) is 28.0 Å². The van der Waals surface area contributed by atoms with Crippen molar-refractivity contribution in [3.63, 3.8) is 0 Å². The topological polar surface area (TPSA) is 43.3 Å². The summed E-state index contributed by atoms with van der Waals surface area (Å²) in [6.07, 6.45) is 0. The summed E-state index contributed by atoms with van der Waals surface area (Å²) in [5.41, 5.74) is 9.08. The quantitative estimate of drug-likeness (QED) is 0.805. The second kappa shape index (κ2) is 3.48. The maximum atomic E-state index is 6.17. The van der Waals surface area contributed by atoms with Crippen LogP contribution in [-0.4, -0.2) is 9.38 Å². The first-order valence-corrected chi connectivity index (χ1v) is 6.05. The van der Waals surface area contributed by atoms with Crippen LogP contribution in [0.3, 0.4) is 0 Å². The van der Waals surface area contributed by atoms with Crippen LogP contribution in [0.1, 0.15) is 32.2 Å². The lowest BCUT2D eigenvalue weighted by molar-refractivity contribution is 0.575. The van der Waals surface area contributed by atoms with Crippen LogP contribution >= 0.6 is 15.9 Å². The average Bonchev–Trinajstić information content (AvgIpc) is 2.50. The predicted octanol–water partition coefficient (Wildman–Crippen LogP) is 3.28. The summed E-state index contributed by atoms with van der Waals surface area (Å²) in [7, 11) is 0. The number of hydrogen-bond donors (Lipinski definition) is 1. The van der Waals surface area contributed by atoms with Crippen molar-refractivity contribution in [1.29, 1.82) is 0 Å². The average molecular weight is 282 g/mol. The molecular formula is C12H16BrN3. The molecule has 0 bridgehead atoms. The Morgan fingerprint density at radius 3 is 2.50 bits per heavy atom. The summed E-state index contributed by atoms with van der Waals surface area (Å²) in [6.45, 7) is 8.39. The first kappa shape index (κ1) is 11.5. The molecule has 0 radical (unpaired) electrons. The molecule has 2 heterocycles. The number of nitrogens with two attached hydrogens (primary N) is 1. The van der Waals surface area contributed by atoms with Gasteiger partial charge in [0.05, 0.1) is 5.69 Å². The number of aryl methyl sites for hydroxylation is 1. The summed E-state index contributed by atoms with van der Waals surface area (Å²) < 4.78 is 3.04. The maximum Gasteiger partial charge on any atom is 0.138 e. The molecule has 0 saturated heterocycles. The largest absolute Gasteiger partial charge is 0.383 e. The minimum Gasteiger partial charge on any atom is -0.383 e. The van der Waals surface area contributed by atoms with E-state index >= 15 is 0 Å². The molecule has 16 heavy (non-hydrogen) atoms. The summed E-state index contributed by atoms with van der Waals surface area (Å²) in [6, 6.07) is 3.98. The van der Waals surface area contributed by atoms with E-state index in [4.69, 9.17) is 5.73 Å². The Hall–Kier alpha value is -1.03. The monoisotopic (exact) mass is 281 g/mol. The van der Waals surface area contributed by atoms with Crippen LogP contribution in [0.4, 0.5) is 5.82 Å². The van der Waals surface area contributed by atoms with E-state index in [2.05, 4.69) is 41.7 Å². The molecule has 0 spiro atoms. The van der Waals surface area contributed by atoms with Gasteiger partial charge < -0.3 is 5.73 Å². The Morgan fingerprint density at radius 1 is 1.31 bits per heavy atom. The molecule has 86 valence electrons. The molecule has 0 fully saturated rings. The van der Waals surface area contributed by atoms with E-state index in [-0.39, 0.29) is 5.41 Å². The lowest BCUT2D eigenvalue weighted by Gasteiger charge is -2.16. The highest BCUT2D eigenvalue weighted by atomic mass is 79.9. The second-order valence-electron chi connectivity index (χ2n) is 5.06. The van der Waals surface area contributed by atoms with Gasteiger partial charge in [0.2, 0.25) is 0 Å². The molecule has 3 nitrogen and oxygen atoms in total. The zero-order chi connectivity index (χ0) is 12.1. The lowest BCUT2D eigenvalue weighted by atomic mass is 9.92. The van der Waals surface area contributed by atoms with E-state index in [0.717, 1.165) is 27.3 Å². The number of pyridine rings is 1. The van der Waals surface area contributed by atoms with Gasteiger partial charge in [0.1, 0.15) is 11.5 Å². The number of rotatable bonds is 0. The molecule has 2 aromatic rings. The van der Waals surface area contributed by atoms with Gasteiger partial charge in [0, 0.05) is 15.6 Å².